The smallest absolute Gasteiger partial charge is 0.248 e. The van der Waals surface area contributed by atoms with E-state index < -0.39 is 17.2 Å². The van der Waals surface area contributed by atoms with Gasteiger partial charge in [0.05, 0.1) is 12.1 Å². The van der Waals surface area contributed by atoms with Crippen LogP contribution in [-0.4, -0.2) is 47.0 Å². The van der Waals surface area contributed by atoms with Gasteiger partial charge in [0.15, 0.2) is 0 Å². The standard InChI is InChI=1S/C14H26N2O3/c1-7-10-11(17)15-14(5,6)12(18)16(10)9-13(3,4)19-8-2/h10H,7-9H2,1-6H3,(H,15,17). The lowest BCUT2D eigenvalue weighted by Gasteiger charge is -2.45. The largest absolute Gasteiger partial charge is 0.374 e. The molecule has 1 aliphatic heterocycles. The van der Waals surface area contributed by atoms with Crippen LogP contribution in [0.3, 0.4) is 0 Å². The molecule has 1 saturated heterocycles. The van der Waals surface area contributed by atoms with E-state index in [4.69, 9.17) is 4.74 Å². The normalized spacial score (nSPS) is 23.5. The maximum Gasteiger partial charge on any atom is 0.248 e. The SMILES string of the molecule is CCOC(C)(C)CN1C(=O)C(C)(C)NC(=O)C1CC. The van der Waals surface area contributed by atoms with Crippen LogP contribution in [0.5, 0.6) is 0 Å². The number of carbonyl (C=O) groups excluding carboxylic acids is 2. The summed E-state index contributed by atoms with van der Waals surface area (Å²) >= 11 is 0. The van der Waals surface area contributed by atoms with Crippen molar-refractivity contribution in [3.05, 3.63) is 0 Å². The molecular formula is C14H26N2O3. The summed E-state index contributed by atoms with van der Waals surface area (Å²) in [4.78, 5) is 26.3. The van der Waals surface area contributed by atoms with Crippen LogP contribution in [0.2, 0.25) is 0 Å². The molecule has 0 bridgehead atoms. The lowest BCUT2D eigenvalue weighted by Crippen LogP contribution is -2.69. The molecule has 0 aliphatic carbocycles. The maximum absolute atomic E-state index is 12.5. The quantitative estimate of drug-likeness (QED) is 0.819. The second-order valence-electron chi connectivity index (χ2n) is 6.16. The Bertz CT molecular complexity index is 364. The van der Waals surface area contributed by atoms with Gasteiger partial charge in [-0.25, -0.2) is 0 Å². The number of carbonyl (C=O) groups is 2. The van der Waals surface area contributed by atoms with E-state index in [1.165, 1.54) is 0 Å². The highest BCUT2D eigenvalue weighted by atomic mass is 16.5. The number of amides is 2. The summed E-state index contributed by atoms with van der Waals surface area (Å²) in [5.74, 6) is -0.133. The molecule has 0 saturated carbocycles. The van der Waals surface area contributed by atoms with Crippen molar-refractivity contribution in [1.82, 2.24) is 10.2 Å². The minimum atomic E-state index is -0.842. The van der Waals surface area contributed by atoms with E-state index in [0.717, 1.165) is 0 Å². The zero-order chi connectivity index (χ0) is 14.8. The first-order chi connectivity index (χ1) is 8.64. The Kier molecular flexibility index (Phi) is 4.61. The van der Waals surface area contributed by atoms with Crippen LogP contribution in [-0.2, 0) is 14.3 Å². The Morgan fingerprint density at radius 3 is 2.37 bits per heavy atom. The Labute approximate surface area is 115 Å². The van der Waals surface area contributed by atoms with Crippen molar-refractivity contribution in [1.29, 1.82) is 0 Å². The van der Waals surface area contributed by atoms with E-state index in [0.29, 0.717) is 19.6 Å². The van der Waals surface area contributed by atoms with Crippen molar-refractivity contribution in [2.75, 3.05) is 13.2 Å². The summed E-state index contributed by atoms with van der Waals surface area (Å²) in [5, 5.41) is 2.78. The molecule has 19 heavy (non-hydrogen) atoms. The molecule has 0 aromatic carbocycles. The van der Waals surface area contributed by atoms with E-state index in [1.54, 1.807) is 18.7 Å². The molecule has 0 aromatic rings. The lowest BCUT2D eigenvalue weighted by molar-refractivity contribution is -0.158. The fourth-order valence-electron chi connectivity index (χ4n) is 2.52. The number of ether oxygens (including phenoxy) is 1. The molecule has 5 nitrogen and oxygen atoms in total. The van der Waals surface area contributed by atoms with Crippen LogP contribution in [0.1, 0.15) is 48.0 Å². The molecule has 1 unspecified atom stereocenters. The zero-order valence-electron chi connectivity index (χ0n) is 12.9. The van der Waals surface area contributed by atoms with E-state index >= 15 is 0 Å². The topological polar surface area (TPSA) is 58.6 Å². The molecule has 0 aromatic heterocycles. The van der Waals surface area contributed by atoms with E-state index in [1.807, 2.05) is 27.7 Å². The minimum Gasteiger partial charge on any atom is -0.374 e. The second kappa shape index (κ2) is 5.49. The molecule has 0 radical (unpaired) electrons. The summed E-state index contributed by atoms with van der Waals surface area (Å²) in [6.45, 7) is 12.2. The van der Waals surface area contributed by atoms with Gasteiger partial charge in [0.25, 0.3) is 0 Å². The van der Waals surface area contributed by atoms with Crippen molar-refractivity contribution in [3.8, 4) is 0 Å². The van der Waals surface area contributed by atoms with E-state index in [-0.39, 0.29) is 11.8 Å². The third-order valence-corrected chi connectivity index (χ3v) is 3.38. The lowest BCUT2D eigenvalue weighted by atomic mass is 9.94. The van der Waals surface area contributed by atoms with Gasteiger partial charge in [-0.05, 0) is 41.0 Å². The molecule has 1 heterocycles. The fourth-order valence-corrected chi connectivity index (χ4v) is 2.52. The third-order valence-electron chi connectivity index (χ3n) is 3.38. The monoisotopic (exact) mass is 270 g/mol. The van der Waals surface area contributed by atoms with Gasteiger partial charge < -0.3 is 15.0 Å². The first kappa shape index (κ1) is 16.0. The average molecular weight is 270 g/mol. The molecule has 2 amide bonds. The van der Waals surface area contributed by atoms with Crippen molar-refractivity contribution in [2.45, 2.75) is 65.1 Å². The first-order valence-corrected chi connectivity index (χ1v) is 6.91. The molecule has 1 rings (SSSR count). The third kappa shape index (κ3) is 3.47. The number of nitrogens with one attached hydrogen (secondary N) is 1. The van der Waals surface area contributed by atoms with Crippen LogP contribution < -0.4 is 5.32 Å². The number of hydrogen-bond donors (Lipinski definition) is 1. The summed E-state index contributed by atoms with van der Waals surface area (Å²) in [7, 11) is 0. The van der Waals surface area contributed by atoms with Gasteiger partial charge in [-0.15, -0.1) is 0 Å². The molecule has 1 atom stereocenters. The Morgan fingerprint density at radius 2 is 1.89 bits per heavy atom. The van der Waals surface area contributed by atoms with Crippen molar-refractivity contribution in [2.24, 2.45) is 0 Å². The fraction of sp³-hybridized carbons (Fsp3) is 0.857. The van der Waals surface area contributed by atoms with Crippen LogP contribution in [0, 0.1) is 0 Å². The number of piperazine rings is 1. The molecule has 1 N–H and O–H groups in total. The highest BCUT2D eigenvalue weighted by molar-refractivity contribution is 5.99. The summed E-state index contributed by atoms with van der Waals surface area (Å²) in [6.07, 6.45) is 0.607. The van der Waals surface area contributed by atoms with Crippen LogP contribution in [0.4, 0.5) is 0 Å². The summed E-state index contributed by atoms with van der Waals surface area (Å²) < 4.78 is 5.65. The Morgan fingerprint density at radius 1 is 1.32 bits per heavy atom. The molecular weight excluding hydrogens is 244 g/mol. The minimum absolute atomic E-state index is 0.0493. The number of rotatable bonds is 5. The summed E-state index contributed by atoms with van der Waals surface area (Å²) in [5.41, 5.74) is -1.30. The summed E-state index contributed by atoms with van der Waals surface area (Å²) in [6, 6.07) is -0.403. The van der Waals surface area contributed by atoms with Crippen molar-refractivity contribution in [3.63, 3.8) is 0 Å². The van der Waals surface area contributed by atoms with Gasteiger partial charge in [0, 0.05) is 6.61 Å². The molecule has 0 spiro atoms. The number of nitrogens with zero attached hydrogens (tertiary/aromatic N) is 1. The highest BCUT2D eigenvalue weighted by Crippen LogP contribution is 2.23. The highest BCUT2D eigenvalue weighted by Gasteiger charge is 2.46. The van der Waals surface area contributed by atoms with Crippen LogP contribution in [0.15, 0.2) is 0 Å². The van der Waals surface area contributed by atoms with Gasteiger partial charge in [-0.1, -0.05) is 6.92 Å². The maximum atomic E-state index is 12.5. The molecule has 1 fully saturated rings. The predicted octanol–water partition coefficient (Wildman–Crippen LogP) is 1.32. The van der Waals surface area contributed by atoms with Gasteiger partial charge in [0.1, 0.15) is 11.6 Å². The first-order valence-electron chi connectivity index (χ1n) is 6.91. The molecule has 5 heteroatoms. The van der Waals surface area contributed by atoms with Crippen LogP contribution in [0.25, 0.3) is 0 Å². The van der Waals surface area contributed by atoms with Gasteiger partial charge in [-0.2, -0.15) is 0 Å². The average Bonchev–Trinajstić information content (AvgIpc) is 2.25. The Balaban J connectivity index is 2.98. The zero-order valence-corrected chi connectivity index (χ0v) is 12.9. The van der Waals surface area contributed by atoms with Crippen LogP contribution >= 0.6 is 0 Å². The van der Waals surface area contributed by atoms with Gasteiger partial charge in [0.2, 0.25) is 11.8 Å². The second-order valence-corrected chi connectivity index (χ2v) is 6.16. The molecule has 110 valence electrons. The van der Waals surface area contributed by atoms with E-state index in [2.05, 4.69) is 5.32 Å². The van der Waals surface area contributed by atoms with Crippen molar-refractivity contribution < 1.29 is 14.3 Å². The Hall–Kier alpha value is -1.10. The van der Waals surface area contributed by atoms with Gasteiger partial charge in [-0.3, -0.25) is 9.59 Å². The molecule has 1 aliphatic rings. The predicted molar refractivity (Wildman–Crippen MR) is 73.7 cm³/mol. The van der Waals surface area contributed by atoms with E-state index in [9.17, 15) is 9.59 Å². The van der Waals surface area contributed by atoms with Gasteiger partial charge >= 0.3 is 0 Å². The number of hydrogen-bond acceptors (Lipinski definition) is 3. The van der Waals surface area contributed by atoms with Crippen molar-refractivity contribution >= 4 is 11.8 Å².